The predicted octanol–water partition coefficient (Wildman–Crippen LogP) is 0.525. The highest BCUT2D eigenvalue weighted by molar-refractivity contribution is 5.92. The molecular weight excluding hydrogens is 428 g/mol. The maximum atomic E-state index is 12.8. The molecule has 7 N–H and O–H groups in total. The molecule has 0 fully saturated rings. The van der Waals surface area contributed by atoms with Crippen LogP contribution in [0.1, 0.15) is 46.1 Å². The smallest absolute Gasteiger partial charge is 0.326 e. The Hall–Kier alpha value is -3.14. The quantitative estimate of drug-likeness (QED) is 0.247. The van der Waals surface area contributed by atoms with Crippen LogP contribution in [0.2, 0.25) is 0 Å². The lowest BCUT2D eigenvalue weighted by molar-refractivity contribution is -0.142. The van der Waals surface area contributed by atoms with Crippen molar-refractivity contribution in [1.29, 1.82) is 0 Å². The Morgan fingerprint density at radius 3 is 1.97 bits per heavy atom. The molecule has 10 heteroatoms. The van der Waals surface area contributed by atoms with Crippen molar-refractivity contribution < 1.29 is 29.4 Å². The average molecular weight is 465 g/mol. The monoisotopic (exact) mass is 464 g/mol. The third-order valence-corrected chi connectivity index (χ3v) is 4.83. The Morgan fingerprint density at radius 2 is 1.45 bits per heavy atom. The molecule has 0 saturated heterocycles. The number of hydrogen-bond acceptors (Lipinski definition) is 6. The van der Waals surface area contributed by atoms with Crippen molar-refractivity contribution in [2.45, 2.75) is 65.1 Å². The number of rotatable bonds is 13. The summed E-state index contributed by atoms with van der Waals surface area (Å²) in [6, 6.07) is 3.07. The van der Waals surface area contributed by atoms with Gasteiger partial charge in [-0.2, -0.15) is 0 Å². The molecule has 0 aliphatic heterocycles. The van der Waals surface area contributed by atoms with Crippen molar-refractivity contribution in [2.24, 2.45) is 17.6 Å². The second kappa shape index (κ2) is 13.4. The number of carbonyl (C=O) groups is 4. The Bertz CT molecular complexity index is 810. The summed E-state index contributed by atoms with van der Waals surface area (Å²) in [4.78, 5) is 48.8. The molecule has 10 nitrogen and oxygen atoms in total. The zero-order valence-electron chi connectivity index (χ0n) is 19.6. The molecule has 1 rings (SSSR count). The highest BCUT2D eigenvalue weighted by Crippen LogP contribution is 2.12. The summed E-state index contributed by atoms with van der Waals surface area (Å²) in [5.41, 5.74) is 6.41. The number of aliphatic carboxylic acids is 1. The maximum Gasteiger partial charge on any atom is 0.326 e. The van der Waals surface area contributed by atoms with E-state index >= 15 is 0 Å². The van der Waals surface area contributed by atoms with E-state index in [1.165, 1.54) is 12.1 Å². The zero-order chi connectivity index (χ0) is 25.1. The minimum Gasteiger partial charge on any atom is -0.508 e. The normalized spacial score (nSPS) is 13.8. The van der Waals surface area contributed by atoms with Gasteiger partial charge in [-0.1, -0.05) is 39.8 Å². The Balaban J connectivity index is 2.75. The summed E-state index contributed by atoms with van der Waals surface area (Å²) in [6.07, 6.45) is 0.765. The highest BCUT2D eigenvalue weighted by Gasteiger charge is 2.27. The van der Waals surface area contributed by atoms with Gasteiger partial charge in [0.05, 0.1) is 12.6 Å². The largest absolute Gasteiger partial charge is 0.508 e. The Kier molecular flexibility index (Phi) is 11.3. The van der Waals surface area contributed by atoms with E-state index < -0.39 is 41.8 Å². The number of aromatic hydroxyl groups is 1. The van der Waals surface area contributed by atoms with Crippen LogP contribution in [0, 0.1) is 11.8 Å². The Morgan fingerprint density at radius 1 is 0.879 bits per heavy atom. The highest BCUT2D eigenvalue weighted by atomic mass is 16.4. The number of nitrogens with two attached hydrogens (primary N) is 1. The van der Waals surface area contributed by atoms with Gasteiger partial charge in [0.2, 0.25) is 17.7 Å². The van der Waals surface area contributed by atoms with Crippen LogP contribution < -0.4 is 21.7 Å². The number of phenols is 1. The van der Waals surface area contributed by atoms with Crippen LogP contribution in [0.3, 0.4) is 0 Å². The van der Waals surface area contributed by atoms with Crippen LogP contribution in [-0.4, -0.2) is 58.6 Å². The third kappa shape index (κ3) is 10.8. The van der Waals surface area contributed by atoms with Gasteiger partial charge in [0.15, 0.2) is 0 Å². The van der Waals surface area contributed by atoms with Crippen LogP contribution in [-0.2, 0) is 25.6 Å². The topological polar surface area (TPSA) is 171 Å². The average Bonchev–Trinajstić information content (AvgIpc) is 2.71. The van der Waals surface area contributed by atoms with Crippen molar-refractivity contribution in [2.75, 3.05) is 6.54 Å². The standard InChI is InChI=1S/C23H36N4O6/c1-13(2)9-17(24)21(30)25-12-20(29)26-18(10-14(3)4)22(31)27-19(23(32)33)11-15-5-7-16(28)8-6-15/h5-8,13-14,17-19,28H,9-12,24H2,1-4H3,(H,25,30)(H,26,29)(H,27,31)(H,32,33). The molecule has 0 radical (unpaired) electrons. The van der Waals surface area contributed by atoms with Gasteiger partial charge in [0, 0.05) is 6.42 Å². The lowest BCUT2D eigenvalue weighted by Gasteiger charge is -2.23. The first-order valence-electron chi connectivity index (χ1n) is 11.0. The van der Waals surface area contributed by atoms with Crippen molar-refractivity contribution >= 4 is 23.7 Å². The third-order valence-electron chi connectivity index (χ3n) is 4.83. The van der Waals surface area contributed by atoms with E-state index in [1.807, 2.05) is 27.7 Å². The summed E-state index contributed by atoms with van der Waals surface area (Å²) in [6.45, 7) is 7.25. The second-order valence-corrected chi connectivity index (χ2v) is 8.97. The summed E-state index contributed by atoms with van der Waals surface area (Å²) in [5.74, 6) is -2.58. The van der Waals surface area contributed by atoms with Crippen LogP contribution in [0.15, 0.2) is 24.3 Å². The first kappa shape index (κ1) is 27.9. The summed E-state index contributed by atoms with van der Waals surface area (Å²) in [5, 5.41) is 26.4. The number of carboxylic acid groups (broad SMARTS) is 1. The summed E-state index contributed by atoms with van der Waals surface area (Å²) >= 11 is 0. The number of nitrogens with one attached hydrogen (secondary N) is 3. The van der Waals surface area contributed by atoms with E-state index in [0.29, 0.717) is 12.0 Å². The number of carbonyl (C=O) groups excluding carboxylic acids is 3. The van der Waals surface area contributed by atoms with Gasteiger partial charge in [-0.3, -0.25) is 14.4 Å². The van der Waals surface area contributed by atoms with Crippen LogP contribution in [0.5, 0.6) is 5.75 Å². The molecule has 3 unspecified atom stereocenters. The van der Waals surface area contributed by atoms with Crippen LogP contribution in [0.4, 0.5) is 0 Å². The van der Waals surface area contributed by atoms with Crippen LogP contribution >= 0.6 is 0 Å². The van der Waals surface area contributed by atoms with Gasteiger partial charge >= 0.3 is 5.97 Å². The molecule has 1 aromatic rings. The molecule has 33 heavy (non-hydrogen) atoms. The van der Waals surface area contributed by atoms with Crippen molar-refractivity contribution in [3.8, 4) is 5.75 Å². The zero-order valence-corrected chi connectivity index (χ0v) is 19.6. The fourth-order valence-electron chi connectivity index (χ4n) is 3.20. The molecule has 3 amide bonds. The van der Waals surface area contributed by atoms with Crippen molar-refractivity contribution in [3.63, 3.8) is 0 Å². The number of hydrogen-bond donors (Lipinski definition) is 6. The van der Waals surface area contributed by atoms with E-state index in [2.05, 4.69) is 16.0 Å². The molecule has 184 valence electrons. The van der Waals surface area contributed by atoms with E-state index in [1.54, 1.807) is 12.1 Å². The summed E-state index contributed by atoms with van der Waals surface area (Å²) < 4.78 is 0. The molecule has 0 aromatic heterocycles. The molecule has 0 saturated carbocycles. The van der Waals surface area contributed by atoms with Crippen molar-refractivity contribution in [1.82, 2.24) is 16.0 Å². The molecule has 3 atom stereocenters. The molecule has 0 bridgehead atoms. The van der Waals surface area contributed by atoms with Gasteiger partial charge in [0.25, 0.3) is 0 Å². The molecule has 0 spiro atoms. The lowest BCUT2D eigenvalue weighted by atomic mass is 10.0. The fraction of sp³-hybridized carbons (Fsp3) is 0.565. The number of amides is 3. The van der Waals surface area contributed by atoms with E-state index in [4.69, 9.17) is 5.73 Å². The number of phenolic OH excluding ortho intramolecular Hbond substituents is 1. The second-order valence-electron chi connectivity index (χ2n) is 8.97. The van der Waals surface area contributed by atoms with Gasteiger partial charge in [-0.25, -0.2) is 4.79 Å². The first-order valence-corrected chi connectivity index (χ1v) is 11.0. The molecular formula is C23H36N4O6. The minimum atomic E-state index is -1.22. The van der Waals surface area contributed by atoms with Crippen LogP contribution in [0.25, 0.3) is 0 Å². The Labute approximate surface area is 194 Å². The van der Waals surface area contributed by atoms with Gasteiger partial charge in [-0.15, -0.1) is 0 Å². The predicted molar refractivity (Wildman–Crippen MR) is 123 cm³/mol. The van der Waals surface area contributed by atoms with Crippen molar-refractivity contribution in [3.05, 3.63) is 29.8 Å². The molecule has 0 aliphatic rings. The molecule has 1 aromatic carbocycles. The van der Waals surface area contributed by atoms with Gasteiger partial charge < -0.3 is 31.9 Å². The minimum absolute atomic E-state index is 0.00744. The van der Waals surface area contributed by atoms with Gasteiger partial charge in [0.1, 0.15) is 17.8 Å². The summed E-state index contributed by atoms with van der Waals surface area (Å²) in [7, 11) is 0. The lowest BCUT2D eigenvalue weighted by Crippen LogP contribution is -2.54. The van der Waals surface area contributed by atoms with E-state index in [0.717, 1.165) is 0 Å². The maximum absolute atomic E-state index is 12.8. The molecule has 0 heterocycles. The number of benzene rings is 1. The van der Waals surface area contributed by atoms with Gasteiger partial charge in [-0.05, 0) is 42.4 Å². The fourth-order valence-corrected chi connectivity index (χ4v) is 3.20. The number of carboxylic acids is 1. The first-order chi connectivity index (χ1) is 15.4. The SMILES string of the molecule is CC(C)CC(N)C(=O)NCC(=O)NC(CC(C)C)C(=O)NC(Cc1ccc(O)cc1)C(=O)O. The van der Waals surface area contributed by atoms with E-state index in [-0.39, 0.29) is 37.0 Å². The van der Waals surface area contributed by atoms with E-state index in [9.17, 15) is 29.4 Å². The molecule has 0 aliphatic carbocycles.